The molecule has 1 aromatic carbocycles. The molecule has 0 aliphatic carbocycles. The van der Waals surface area contributed by atoms with E-state index in [1.54, 1.807) is 12.3 Å². The average molecular weight is 439 g/mol. The number of pyridine rings is 1. The Morgan fingerprint density at radius 1 is 0.871 bits per heavy atom. The van der Waals surface area contributed by atoms with E-state index in [4.69, 9.17) is 0 Å². The summed E-state index contributed by atoms with van der Waals surface area (Å²) in [6, 6.07) is 11.7. The van der Waals surface area contributed by atoms with Crippen molar-refractivity contribution in [2.24, 2.45) is 0 Å². The van der Waals surface area contributed by atoms with Gasteiger partial charge >= 0.3 is 0 Å². The smallest absolute Gasteiger partial charge is 0.255 e. The molecule has 0 unspecified atom stereocenters. The zero-order valence-electron chi connectivity index (χ0n) is 17.9. The van der Waals surface area contributed by atoms with Crippen LogP contribution in [0.15, 0.2) is 47.6 Å². The number of thioether (sulfide) groups is 1. The summed E-state index contributed by atoms with van der Waals surface area (Å²) in [4.78, 5) is 33.4. The van der Waals surface area contributed by atoms with E-state index < -0.39 is 0 Å². The molecule has 0 radical (unpaired) electrons. The minimum atomic E-state index is -0.0634. The second kappa shape index (κ2) is 10.7. The van der Waals surface area contributed by atoms with Gasteiger partial charge in [-0.15, -0.1) is 0 Å². The molecule has 2 saturated heterocycles. The third-order valence-electron chi connectivity index (χ3n) is 5.85. The Balaban J connectivity index is 1.24. The normalized spacial score (nSPS) is 16.8. The summed E-state index contributed by atoms with van der Waals surface area (Å²) >= 11 is 1.37. The molecule has 0 saturated carbocycles. The van der Waals surface area contributed by atoms with Gasteiger partial charge in [0.25, 0.3) is 5.91 Å². The number of anilines is 2. The zero-order valence-corrected chi connectivity index (χ0v) is 18.7. The molecule has 164 valence electrons. The Bertz CT molecular complexity index is 871. The highest BCUT2D eigenvalue weighted by atomic mass is 32.2. The van der Waals surface area contributed by atoms with Gasteiger partial charge in [0.2, 0.25) is 5.91 Å². The second-order valence-corrected chi connectivity index (χ2v) is 9.17. The van der Waals surface area contributed by atoms with E-state index in [0.29, 0.717) is 5.56 Å². The zero-order chi connectivity index (χ0) is 21.5. The van der Waals surface area contributed by atoms with Gasteiger partial charge in [-0.1, -0.05) is 24.6 Å². The van der Waals surface area contributed by atoms with E-state index in [0.717, 1.165) is 49.7 Å². The maximum absolute atomic E-state index is 12.4. The Labute approximate surface area is 188 Å². The van der Waals surface area contributed by atoms with Gasteiger partial charge in [0.15, 0.2) is 0 Å². The summed E-state index contributed by atoms with van der Waals surface area (Å²) < 4.78 is 0. The van der Waals surface area contributed by atoms with Gasteiger partial charge in [0, 0.05) is 43.8 Å². The molecule has 2 aliphatic rings. The molecule has 2 aromatic rings. The van der Waals surface area contributed by atoms with Gasteiger partial charge in [0.05, 0.1) is 16.3 Å². The van der Waals surface area contributed by atoms with Crippen LogP contribution in [0, 0.1) is 0 Å². The molecule has 4 rings (SSSR count). The van der Waals surface area contributed by atoms with E-state index in [2.05, 4.69) is 27.3 Å². The molecule has 7 heteroatoms. The quantitative estimate of drug-likeness (QED) is 0.676. The van der Waals surface area contributed by atoms with Gasteiger partial charge in [-0.25, -0.2) is 4.98 Å². The fourth-order valence-corrected chi connectivity index (χ4v) is 4.76. The number of carbonyl (C=O) groups excluding carboxylic acids is 2. The number of hydrogen-bond acceptors (Lipinski definition) is 5. The summed E-state index contributed by atoms with van der Waals surface area (Å²) in [7, 11) is 0. The SMILES string of the molecule is O=C(CSc1ccc(C(=O)N2CCCC2)cn1)Nc1ccc(N2CCCCCC2)cc1. The highest BCUT2D eigenvalue weighted by Crippen LogP contribution is 2.22. The predicted octanol–water partition coefficient (Wildman–Crippen LogP) is 4.43. The first kappa shape index (κ1) is 21.7. The molecule has 6 nitrogen and oxygen atoms in total. The Kier molecular flexibility index (Phi) is 7.46. The minimum Gasteiger partial charge on any atom is -0.372 e. The molecule has 0 bridgehead atoms. The first-order chi connectivity index (χ1) is 15.2. The van der Waals surface area contributed by atoms with Crippen LogP contribution in [-0.4, -0.2) is 53.6 Å². The van der Waals surface area contributed by atoms with Crippen LogP contribution in [0.5, 0.6) is 0 Å². The van der Waals surface area contributed by atoms with Crippen molar-refractivity contribution in [3.05, 3.63) is 48.2 Å². The molecular formula is C24H30N4O2S. The first-order valence-electron chi connectivity index (χ1n) is 11.2. The Morgan fingerprint density at radius 3 is 2.19 bits per heavy atom. The third-order valence-corrected chi connectivity index (χ3v) is 6.79. The number of nitrogens with zero attached hydrogens (tertiary/aromatic N) is 3. The first-order valence-corrected chi connectivity index (χ1v) is 12.2. The molecule has 1 aromatic heterocycles. The summed E-state index contributed by atoms with van der Waals surface area (Å²) in [5, 5.41) is 3.69. The van der Waals surface area contributed by atoms with E-state index in [1.807, 2.05) is 23.1 Å². The van der Waals surface area contributed by atoms with Gasteiger partial charge in [-0.2, -0.15) is 0 Å². The van der Waals surface area contributed by atoms with Crippen molar-refractivity contribution < 1.29 is 9.59 Å². The van der Waals surface area contributed by atoms with Crippen LogP contribution in [0.25, 0.3) is 0 Å². The second-order valence-electron chi connectivity index (χ2n) is 8.17. The molecule has 31 heavy (non-hydrogen) atoms. The van der Waals surface area contributed by atoms with Crippen molar-refractivity contribution in [2.75, 3.05) is 42.1 Å². The van der Waals surface area contributed by atoms with E-state index in [9.17, 15) is 9.59 Å². The minimum absolute atomic E-state index is 0.0444. The molecule has 0 spiro atoms. The van der Waals surface area contributed by atoms with Gasteiger partial charge in [-0.05, 0) is 62.1 Å². The fraction of sp³-hybridized carbons (Fsp3) is 0.458. The number of hydrogen-bond donors (Lipinski definition) is 1. The number of nitrogens with one attached hydrogen (secondary N) is 1. The fourth-order valence-electron chi connectivity index (χ4n) is 4.12. The van der Waals surface area contributed by atoms with Crippen LogP contribution in [0.2, 0.25) is 0 Å². The van der Waals surface area contributed by atoms with Gasteiger partial charge in [-0.3, -0.25) is 9.59 Å². The van der Waals surface area contributed by atoms with Crippen molar-refractivity contribution in [3.8, 4) is 0 Å². The molecule has 2 amide bonds. The summed E-state index contributed by atoms with van der Waals surface area (Å²) in [6.07, 6.45) is 8.88. The van der Waals surface area contributed by atoms with Gasteiger partial charge in [0.1, 0.15) is 0 Å². The van der Waals surface area contributed by atoms with Crippen molar-refractivity contribution in [2.45, 2.75) is 43.6 Å². The summed E-state index contributed by atoms with van der Waals surface area (Å²) in [5.41, 5.74) is 2.64. The largest absolute Gasteiger partial charge is 0.372 e. The lowest BCUT2D eigenvalue weighted by atomic mass is 10.2. The Hall–Kier alpha value is -2.54. The average Bonchev–Trinajstić information content (AvgIpc) is 3.21. The van der Waals surface area contributed by atoms with E-state index in [-0.39, 0.29) is 17.6 Å². The number of carbonyl (C=O) groups is 2. The third kappa shape index (κ3) is 6.00. The molecule has 0 atom stereocenters. The number of rotatable bonds is 6. The van der Waals surface area contributed by atoms with Crippen molar-refractivity contribution in [1.29, 1.82) is 0 Å². The lowest BCUT2D eigenvalue weighted by Crippen LogP contribution is -2.27. The molecule has 1 N–H and O–H groups in total. The van der Waals surface area contributed by atoms with Crippen molar-refractivity contribution >= 4 is 35.0 Å². The molecule has 2 aliphatic heterocycles. The lowest BCUT2D eigenvalue weighted by Gasteiger charge is -2.22. The van der Waals surface area contributed by atoms with Gasteiger partial charge < -0.3 is 15.1 Å². The highest BCUT2D eigenvalue weighted by molar-refractivity contribution is 7.99. The summed E-state index contributed by atoms with van der Waals surface area (Å²) in [5.74, 6) is 0.259. The monoisotopic (exact) mass is 438 g/mol. The van der Waals surface area contributed by atoms with Crippen LogP contribution in [0.4, 0.5) is 11.4 Å². The number of benzene rings is 1. The standard InChI is InChI=1S/C24H30N4O2S/c29-22(26-20-8-10-21(11-9-20)27-13-3-1-2-4-14-27)18-31-23-12-7-19(17-25-23)24(30)28-15-5-6-16-28/h7-12,17H,1-6,13-16,18H2,(H,26,29). The molecule has 2 fully saturated rings. The highest BCUT2D eigenvalue weighted by Gasteiger charge is 2.19. The number of aromatic nitrogens is 1. The molecular weight excluding hydrogens is 408 g/mol. The van der Waals surface area contributed by atoms with Crippen LogP contribution in [0.3, 0.4) is 0 Å². The predicted molar refractivity (Wildman–Crippen MR) is 126 cm³/mol. The van der Waals surface area contributed by atoms with Crippen LogP contribution in [-0.2, 0) is 4.79 Å². The van der Waals surface area contributed by atoms with Crippen LogP contribution in [0.1, 0.15) is 48.9 Å². The van der Waals surface area contributed by atoms with E-state index in [1.165, 1.54) is 43.1 Å². The van der Waals surface area contributed by atoms with Crippen molar-refractivity contribution in [1.82, 2.24) is 9.88 Å². The lowest BCUT2D eigenvalue weighted by molar-refractivity contribution is -0.113. The topological polar surface area (TPSA) is 65.5 Å². The van der Waals surface area contributed by atoms with E-state index >= 15 is 0 Å². The number of likely N-dealkylation sites (tertiary alicyclic amines) is 1. The van der Waals surface area contributed by atoms with Crippen LogP contribution < -0.4 is 10.2 Å². The maximum Gasteiger partial charge on any atom is 0.255 e. The number of amides is 2. The maximum atomic E-state index is 12.4. The summed E-state index contributed by atoms with van der Waals surface area (Å²) in [6.45, 7) is 3.87. The van der Waals surface area contributed by atoms with Crippen molar-refractivity contribution in [3.63, 3.8) is 0 Å². The molecule has 3 heterocycles. The Morgan fingerprint density at radius 2 is 1.55 bits per heavy atom. The van der Waals surface area contributed by atoms with Crippen LogP contribution >= 0.6 is 11.8 Å².